The number of hydrogen-bond donors (Lipinski definition) is 1. The van der Waals surface area contributed by atoms with E-state index in [1.165, 1.54) is 89.9 Å². The lowest BCUT2D eigenvalue weighted by molar-refractivity contribution is -0.149. The maximum Gasteiger partial charge on any atom is 0.309 e. The van der Waals surface area contributed by atoms with E-state index in [1.807, 2.05) is 34.6 Å². The zero-order valence-electron chi connectivity index (χ0n) is 32.0. The van der Waals surface area contributed by atoms with Gasteiger partial charge in [0.2, 0.25) is 0 Å². The standard InChI is InChI=1S/C21H43NO2.C9H17NO2.C4H10.2C2H6/c1-4-7-9-11-12-14-16-20(15-13-10-8-5-2)19-24-21(23)17-18-22-6-3;1-3-12-9(11)8-4-6-10(2)7-5-8;1-3-4-2;2*1-2/h20,22H,4-19H2,1-3H3;8H,3-7H2,1-2H3;3-4H2,1-2H3;2*1-2H3. The molecule has 1 atom stereocenters. The second-order valence-electron chi connectivity index (χ2n) is 11.4. The van der Waals surface area contributed by atoms with Gasteiger partial charge in [0.15, 0.2) is 0 Å². The van der Waals surface area contributed by atoms with Crippen LogP contribution >= 0.6 is 0 Å². The first-order valence-electron chi connectivity index (χ1n) is 19.1. The average molecular weight is 631 g/mol. The summed E-state index contributed by atoms with van der Waals surface area (Å²) in [4.78, 5) is 25.3. The Hall–Kier alpha value is -1.14. The predicted octanol–water partition coefficient (Wildman–Crippen LogP) is 10.6. The number of piperidine rings is 1. The van der Waals surface area contributed by atoms with Crippen molar-refractivity contribution in [2.75, 3.05) is 46.4 Å². The molecule has 1 saturated heterocycles. The van der Waals surface area contributed by atoms with Gasteiger partial charge in [0.25, 0.3) is 0 Å². The van der Waals surface area contributed by atoms with Crippen LogP contribution in [-0.2, 0) is 19.1 Å². The van der Waals surface area contributed by atoms with E-state index in [9.17, 15) is 9.59 Å². The van der Waals surface area contributed by atoms with Crippen LogP contribution < -0.4 is 5.32 Å². The summed E-state index contributed by atoms with van der Waals surface area (Å²) in [6, 6.07) is 0. The van der Waals surface area contributed by atoms with Crippen LogP contribution in [0.5, 0.6) is 0 Å². The third-order valence-electron chi connectivity index (χ3n) is 7.51. The Morgan fingerprint density at radius 1 is 0.705 bits per heavy atom. The molecule has 0 amide bonds. The lowest BCUT2D eigenvalue weighted by atomic mass is 9.95. The van der Waals surface area contributed by atoms with E-state index in [2.05, 4.69) is 51.9 Å². The molecule has 0 saturated carbocycles. The van der Waals surface area contributed by atoms with Gasteiger partial charge in [-0.1, -0.05) is 139 Å². The maximum atomic E-state index is 11.8. The summed E-state index contributed by atoms with van der Waals surface area (Å²) < 4.78 is 10.5. The number of ether oxygens (including phenoxy) is 2. The van der Waals surface area contributed by atoms with Crippen molar-refractivity contribution in [3.8, 4) is 0 Å². The summed E-state index contributed by atoms with van der Waals surface area (Å²) in [5, 5.41) is 3.17. The van der Waals surface area contributed by atoms with Gasteiger partial charge in [0.1, 0.15) is 0 Å². The molecule has 1 fully saturated rings. The highest BCUT2D eigenvalue weighted by atomic mass is 16.5. The van der Waals surface area contributed by atoms with Crippen molar-refractivity contribution in [3.63, 3.8) is 0 Å². The van der Waals surface area contributed by atoms with Crippen molar-refractivity contribution in [1.29, 1.82) is 0 Å². The zero-order valence-corrected chi connectivity index (χ0v) is 32.0. The smallest absolute Gasteiger partial charge is 0.309 e. The Labute approximate surface area is 277 Å². The van der Waals surface area contributed by atoms with Crippen LogP contribution in [0.3, 0.4) is 0 Å². The molecule has 6 nitrogen and oxygen atoms in total. The largest absolute Gasteiger partial charge is 0.466 e. The van der Waals surface area contributed by atoms with Crippen molar-refractivity contribution in [1.82, 2.24) is 10.2 Å². The van der Waals surface area contributed by atoms with Gasteiger partial charge in [-0.15, -0.1) is 0 Å². The van der Waals surface area contributed by atoms with Gasteiger partial charge in [0, 0.05) is 6.54 Å². The van der Waals surface area contributed by atoms with Gasteiger partial charge < -0.3 is 19.7 Å². The minimum Gasteiger partial charge on any atom is -0.466 e. The summed E-state index contributed by atoms with van der Waals surface area (Å²) in [6.45, 7) is 25.6. The SMILES string of the molecule is CC.CC.CCCC.CCCCCCCCC(CCCCCC)COC(=O)CCNCC.CCOC(=O)C1CCN(C)CC1. The Morgan fingerprint density at radius 3 is 1.64 bits per heavy atom. The minimum atomic E-state index is -0.0440. The van der Waals surface area contributed by atoms with Crippen molar-refractivity contribution >= 4 is 11.9 Å². The Kier molecular flexibility index (Phi) is 49.7. The number of likely N-dealkylation sites (tertiary alicyclic amines) is 1. The quantitative estimate of drug-likeness (QED) is 0.101. The van der Waals surface area contributed by atoms with Crippen LogP contribution in [0.15, 0.2) is 0 Å². The molecule has 0 aromatic rings. The van der Waals surface area contributed by atoms with Crippen LogP contribution in [0, 0.1) is 11.8 Å². The second-order valence-corrected chi connectivity index (χ2v) is 11.4. The number of carbonyl (C=O) groups excluding carboxylic acids is 2. The number of hydrogen-bond acceptors (Lipinski definition) is 6. The minimum absolute atomic E-state index is 0.00870. The fourth-order valence-corrected chi connectivity index (χ4v) is 4.54. The maximum absolute atomic E-state index is 11.8. The summed E-state index contributed by atoms with van der Waals surface area (Å²) in [7, 11) is 2.08. The van der Waals surface area contributed by atoms with E-state index in [-0.39, 0.29) is 17.9 Å². The molecular formula is C38H82N2O4. The van der Waals surface area contributed by atoms with Gasteiger partial charge in [0.05, 0.1) is 25.6 Å². The number of unbranched alkanes of at least 4 members (excludes halogenated alkanes) is 9. The molecule has 1 heterocycles. The van der Waals surface area contributed by atoms with E-state index >= 15 is 0 Å². The third-order valence-corrected chi connectivity index (χ3v) is 7.51. The molecule has 1 unspecified atom stereocenters. The monoisotopic (exact) mass is 631 g/mol. The number of nitrogens with zero attached hydrogens (tertiary/aromatic N) is 1. The van der Waals surface area contributed by atoms with Crippen molar-refractivity contribution < 1.29 is 19.1 Å². The third kappa shape index (κ3) is 38.9. The topological polar surface area (TPSA) is 67.9 Å². The van der Waals surface area contributed by atoms with Gasteiger partial charge in [-0.3, -0.25) is 9.59 Å². The van der Waals surface area contributed by atoms with Gasteiger partial charge >= 0.3 is 11.9 Å². The highest BCUT2D eigenvalue weighted by Crippen LogP contribution is 2.20. The van der Waals surface area contributed by atoms with Crippen molar-refractivity contribution in [3.05, 3.63) is 0 Å². The fourth-order valence-electron chi connectivity index (χ4n) is 4.54. The van der Waals surface area contributed by atoms with Gasteiger partial charge in [-0.05, 0) is 65.2 Å². The van der Waals surface area contributed by atoms with Crippen molar-refractivity contribution in [2.45, 2.75) is 178 Å². The van der Waals surface area contributed by atoms with E-state index in [0.29, 0.717) is 25.6 Å². The number of esters is 2. The molecule has 44 heavy (non-hydrogen) atoms. The van der Waals surface area contributed by atoms with Crippen LogP contribution in [-0.4, -0.2) is 63.3 Å². The van der Waals surface area contributed by atoms with Gasteiger partial charge in [-0.2, -0.15) is 0 Å². The van der Waals surface area contributed by atoms with E-state index in [1.54, 1.807) is 0 Å². The lowest BCUT2D eigenvalue weighted by Crippen LogP contribution is -2.34. The van der Waals surface area contributed by atoms with E-state index in [0.717, 1.165) is 39.0 Å². The molecule has 0 radical (unpaired) electrons. The predicted molar refractivity (Wildman–Crippen MR) is 194 cm³/mol. The first-order chi connectivity index (χ1) is 21.4. The molecule has 0 aliphatic carbocycles. The summed E-state index contributed by atoms with van der Waals surface area (Å²) in [5.74, 6) is 0.667. The molecule has 6 heteroatoms. The molecule has 0 aromatic heterocycles. The zero-order chi connectivity index (χ0) is 34.3. The first-order valence-corrected chi connectivity index (χ1v) is 19.1. The molecule has 268 valence electrons. The number of nitrogens with one attached hydrogen (secondary N) is 1. The van der Waals surface area contributed by atoms with Crippen LogP contribution in [0.1, 0.15) is 178 Å². The lowest BCUT2D eigenvalue weighted by Gasteiger charge is -2.27. The van der Waals surface area contributed by atoms with Crippen molar-refractivity contribution in [2.24, 2.45) is 11.8 Å². The molecule has 1 N–H and O–H groups in total. The normalized spacial score (nSPS) is 13.3. The Balaban J connectivity index is -0.000000330. The summed E-state index contributed by atoms with van der Waals surface area (Å²) >= 11 is 0. The van der Waals surface area contributed by atoms with Crippen LogP contribution in [0.2, 0.25) is 0 Å². The molecule has 0 bridgehead atoms. The average Bonchev–Trinajstić information content (AvgIpc) is 3.06. The Bertz CT molecular complexity index is 535. The first kappa shape index (κ1) is 49.7. The van der Waals surface area contributed by atoms with E-state index < -0.39 is 0 Å². The number of carbonyl (C=O) groups is 2. The molecule has 0 spiro atoms. The Morgan fingerprint density at radius 2 is 1.18 bits per heavy atom. The molecule has 1 rings (SSSR count). The van der Waals surface area contributed by atoms with Crippen LogP contribution in [0.25, 0.3) is 0 Å². The molecular weight excluding hydrogens is 548 g/mol. The molecule has 0 aromatic carbocycles. The van der Waals surface area contributed by atoms with Gasteiger partial charge in [-0.25, -0.2) is 0 Å². The van der Waals surface area contributed by atoms with Crippen LogP contribution in [0.4, 0.5) is 0 Å². The van der Waals surface area contributed by atoms with E-state index in [4.69, 9.17) is 9.47 Å². The second kappa shape index (κ2) is 44.0. The number of rotatable bonds is 21. The fraction of sp³-hybridized carbons (Fsp3) is 0.947. The summed E-state index contributed by atoms with van der Waals surface area (Å²) in [5.41, 5.74) is 0. The highest BCUT2D eigenvalue weighted by molar-refractivity contribution is 5.72. The summed E-state index contributed by atoms with van der Waals surface area (Å²) in [6.07, 6.45) is 20.7. The molecule has 1 aliphatic rings. The highest BCUT2D eigenvalue weighted by Gasteiger charge is 2.24. The molecule has 1 aliphatic heterocycles.